The fourth-order valence-electron chi connectivity index (χ4n) is 0.957. The molecule has 3 N–H and O–H groups in total. The van der Waals surface area contributed by atoms with Gasteiger partial charge in [-0.05, 0) is 25.7 Å². The molecule has 0 aromatic heterocycles. The Hall–Kier alpha value is -1.06. The minimum absolute atomic E-state index is 0.0852. The molecule has 0 aliphatic heterocycles. The number of nitrogens with two attached hydrogens (primary N) is 1. The molecule has 4 heteroatoms. The van der Waals surface area contributed by atoms with Crippen LogP contribution in [-0.4, -0.2) is 17.4 Å². The molecule has 14 heavy (non-hydrogen) atoms. The molecule has 2 amide bonds. The molecule has 82 valence electrons. The predicted molar refractivity (Wildman–Crippen MR) is 55.5 cm³/mol. The molecule has 0 saturated carbocycles. The van der Waals surface area contributed by atoms with Crippen molar-refractivity contribution in [2.24, 2.45) is 11.1 Å². The molecule has 0 aromatic carbocycles. The van der Waals surface area contributed by atoms with Crippen molar-refractivity contribution in [1.29, 1.82) is 0 Å². The van der Waals surface area contributed by atoms with E-state index in [0.29, 0.717) is 0 Å². The van der Waals surface area contributed by atoms with Crippen LogP contribution in [0.25, 0.3) is 0 Å². The van der Waals surface area contributed by atoms with Crippen molar-refractivity contribution in [3.63, 3.8) is 0 Å². The van der Waals surface area contributed by atoms with Gasteiger partial charge in [0.15, 0.2) is 0 Å². The zero-order valence-corrected chi connectivity index (χ0v) is 9.60. The lowest BCUT2D eigenvalue weighted by Crippen LogP contribution is -2.56. The Morgan fingerprint density at radius 3 is 1.93 bits per heavy atom. The van der Waals surface area contributed by atoms with Gasteiger partial charge in [-0.25, -0.2) is 0 Å². The predicted octanol–water partition coefficient (Wildman–Crippen LogP) is 0.803. The molecule has 0 aromatic rings. The van der Waals surface area contributed by atoms with E-state index in [2.05, 4.69) is 5.32 Å². The molecule has 0 rings (SSSR count). The SMILES string of the molecule is CCC(C)(C)C(C)(C)NC(=O)C(N)=O. The van der Waals surface area contributed by atoms with Crippen LogP contribution >= 0.6 is 0 Å². The summed E-state index contributed by atoms with van der Waals surface area (Å²) in [7, 11) is 0. The Balaban J connectivity index is 4.65. The van der Waals surface area contributed by atoms with E-state index in [-0.39, 0.29) is 5.41 Å². The van der Waals surface area contributed by atoms with Gasteiger partial charge < -0.3 is 11.1 Å². The molecule has 0 saturated heterocycles. The maximum Gasteiger partial charge on any atom is 0.309 e. The molecule has 0 fully saturated rings. The van der Waals surface area contributed by atoms with Crippen LogP contribution in [0.4, 0.5) is 0 Å². The van der Waals surface area contributed by atoms with E-state index in [1.807, 2.05) is 34.6 Å². The van der Waals surface area contributed by atoms with E-state index in [9.17, 15) is 9.59 Å². The summed E-state index contributed by atoms with van der Waals surface area (Å²) < 4.78 is 0. The van der Waals surface area contributed by atoms with Crippen molar-refractivity contribution in [2.75, 3.05) is 0 Å². The molecular formula is C10H20N2O2. The van der Waals surface area contributed by atoms with Crippen molar-refractivity contribution in [1.82, 2.24) is 5.32 Å². The normalized spacial score (nSPS) is 12.4. The Bertz CT molecular complexity index is 245. The number of nitrogens with one attached hydrogen (secondary N) is 1. The number of hydrogen-bond acceptors (Lipinski definition) is 2. The highest BCUT2D eigenvalue weighted by atomic mass is 16.2. The number of carbonyl (C=O) groups is 2. The molecule has 0 aliphatic rings. The Labute approximate surface area is 85.2 Å². The van der Waals surface area contributed by atoms with Gasteiger partial charge in [0.2, 0.25) is 0 Å². The molecule has 0 spiro atoms. The van der Waals surface area contributed by atoms with Crippen molar-refractivity contribution in [2.45, 2.75) is 46.6 Å². The first-order chi connectivity index (χ1) is 6.14. The third-order valence-corrected chi connectivity index (χ3v) is 3.23. The van der Waals surface area contributed by atoms with Crippen LogP contribution in [0.2, 0.25) is 0 Å². The third kappa shape index (κ3) is 2.72. The molecule has 0 heterocycles. The number of amides is 2. The Morgan fingerprint density at radius 2 is 1.64 bits per heavy atom. The van der Waals surface area contributed by atoms with Crippen molar-refractivity contribution in [3.8, 4) is 0 Å². The van der Waals surface area contributed by atoms with E-state index in [1.54, 1.807) is 0 Å². The largest absolute Gasteiger partial charge is 0.361 e. The highest BCUT2D eigenvalue weighted by molar-refractivity contribution is 6.34. The zero-order chi connectivity index (χ0) is 11.6. The van der Waals surface area contributed by atoms with E-state index < -0.39 is 17.4 Å². The second-order valence-electron chi connectivity index (χ2n) is 4.68. The maximum atomic E-state index is 11.1. The molecule has 0 aliphatic carbocycles. The molecule has 0 bridgehead atoms. The lowest BCUT2D eigenvalue weighted by Gasteiger charge is -2.41. The summed E-state index contributed by atoms with van der Waals surface area (Å²) in [6.07, 6.45) is 0.902. The summed E-state index contributed by atoms with van der Waals surface area (Å²) in [6, 6.07) is 0. The van der Waals surface area contributed by atoms with Gasteiger partial charge in [-0.15, -0.1) is 0 Å². The first-order valence-electron chi connectivity index (χ1n) is 4.76. The summed E-state index contributed by atoms with van der Waals surface area (Å²) in [5.74, 6) is -1.67. The summed E-state index contributed by atoms with van der Waals surface area (Å²) in [6.45, 7) is 9.88. The third-order valence-electron chi connectivity index (χ3n) is 3.23. The van der Waals surface area contributed by atoms with Crippen molar-refractivity contribution < 1.29 is 9.59 Å². The Morgan fingerprint density at radius 1 is 1.21 bits per heavy atom. The van der Waals surface area contributed by atoms with Gasteiger partial charge in [0, 0.05) is 5.54 Å². The fourth-order valence-corrected chi connectivity index (χ4v) is 0.957. The number of hydrogen-bond donors (Lipinski definition) is 2. The van der Waals surface area contributed by atoms with Gasteiger partial charge in [-0.2, -0.15) is 0 Å². The minimum Gasteiger partial charge on any atom is -0.361 e. The van der Waals surface area contributed by atoms with Crippen LogP contribution in [0.3, 0.4) is 0 Å². The van der Waals surface area contributed by atoms with Crippen molar-refractivity contribution in [3.05, 3.63) is 0 Å². The standard InChI is InChI=1S/C10H20N2O2/c1-6-9(2,3)10(4,5)12-8(14)7(11)13/h6H2,1-5H3,(H2,11,13)(H,12,14). The van der Waals surface area contributed by atoms with Gasteiger partial charge in [0.25, 0.3) is 0 Å². The fraction of sp³-hybridized carbons (Fsp3) is 0.800. The number of primary amides is 1. The van der Waals surface area contributed by atoms with Crippen LogP contribution in [0, 0.1) is 5.41 Å². The van der Waals surface area contributed by atoms with E-state index in [4.69, 9.17) is 5.73 Å². The lowest BCUT2D eigenvalue weighted by molar-refractivity contribution is -0.139. The zero-order valence-electron chi connectivity index (χ0n) is 9.60. The molecule has 0 unspecified atom stereocenters. The topological polar surface area (TPSA) is 72.2 Å². The first-order valence-corrected chi connectivity index (χ1v) is 4.76. The summed E-state index contributed by atoms with van der Waals surface area (Å²) in [5, 5.41) is 2.63. The van der Waals surface area contributed by atoms with Crippen LogP contribution in [0.15, 0.2) is 0 Å². The molecule has 4 nitrogen and oxygen atoms in total. The average Bonchev–Trinajstić information content (AvgIpc) is 2.03. The second-order valence-corrected chi connectivity index (χ2v) is 4.68. The highest BCUT2D eigenvalue weighted by Gasteiger charge is 2.37. The monoisotopic (exact) mass is 200 g/mol. The molecular weight excluding hydrogens is 180 g/mol. The lowest BCUT2D eigenvalue weighted by atomic mass is 9.72. The van der Waals surface area contributed by atoms with E-state index in [0.717, 1.165) is 6.42 Å². The number of rotatable bonds is 3. The highest BCUT2D eigenvalue weighted by Crippen LogP contribution is 2.33. The summed E-state index contributed by atoms with van der Waals surface area (Å²) in [4.78, 5) is 21.7. The van der Waals surface area contributed by atoms with Crippen molar-refractivity contribution >= 4 is 11.8 Å². The maximum absolute atomic E-state index is 11.1. The quantitative estimate of drug-likeness (QED) is 0.661. The molecule has 0 atom stereocenters. The van der Waals surface area contributed by atoms with E-state index in [1.165, 1.54) is 0 Å². The van der Waals surface area contributed by atoms with Crippen LogP contribution in [0.1, 0.15) is 41.0 Å². The number of carbonyl (C=O) groups excluding carboxylic acids is 2. The average molecular weight is 200 g/mol. The minimum atomic E-state index is -0.940. The van der Waals surface area contributed by atoms with Crippen LogP contribution in [0.5, 0.6) is 0 Å². The smallest absolute Gasteiger partial charge is 0.309 e. The van der Waals surface area contributed by atoms with Crippen LogP contribution < -0.4 is 11.1 Å². The van der Waals surface area contributed by atoms with Crippen LogP contribution in [-0.2, 0) is 9.59 Å². The van der Waals surface area contributed by atoms with Gasteiger partial charge >= 0.3 is 11.8 Å². The summed E-state index contributed by atoms with van der Waals surface area (Å²) >= 11 is 0. The van der Waals surface area contributed by atoms with Gasteiger partial charge in [0.05, 0.1) is 0 Å². The second kappa shape index (κ2) is 3.98. The van der Waals surface area contributed by atoms with E-state index >= 15 is 0 Å². The molecule has 0 radical (unpaired) electrons. The van der Waals surface area contributed by atoms with Gasteiger partial charge in [-0.1, -0.05) is 20.8 Å². The Kier molecular flexibility index (Phi) is 3.68. The van der Waals surface area contributed by atoms with Gasteiger partial charge in [0.1, 0.15) is 0 Å². The van der Waals surface area contributed by atoms with Gasteiger partial charge in [-0.3, -0.25) is 9.59 Å². The summed E-state index contributed by atoms with van der Waals surface area (Å²) in [5.41, 5.74) is 4.34. The first kappa shape index (κ1) is 12.9.